The monoisotopic (exact) mass is 566 g/mol. The van der Waals surface area contributed by atoms with Crippen LogP contribution in [0.3, 0.4) is 0 Å². The molecule has 2 aromatic heterocycles. The predicted molar refractivity (Wildman–Crippen MR) is 156 cm³/mol. The van der Waals surface area contributed by atoms with Gasteiger partial charge >= 0.3 is 0 Å². The summed E-state index contributed by atoms with van der Waals surface area (Å²) in [6.45, 7) is 2.63. The van der Waals surface area contributed by atoms with Crippen LogP contribution in [-0.2, 0) is 11.3 Å². The Bertz CT molecular complexity index is 1670. The van der Waals surface area contributed by atoms with E-state index in [9.17, 15) is 10.1 Å². The van der Waals surface area contributed by atoms with Gasteiger partial charge in [0, 0.05) is 18.2 Å². The van der Waals surface area contributed by atoms with E-state index in [-0.39, 0.29) is 34.8 Å². The molecule has 2 saturated heterocycles. The van der Waals surface area contributed by atoms with Crippen LogP contribution in [0.25, 0.3) is 22.3 Å². The number of allylic oxidation sites excluding steroid dienone is 1. The molecule has 1 amide bonds. The van der Waals surface area contributed by atoms with Crippen LogP contribution >= 0.6 is 0 Å². The minimum Gasteiger partial charge on any atom is -0.457 e. The third kappa shape index (κ3) is 5.53. The van der Waals surface area contributed by atoms with Crippen LogP contribution < -0.4 is 15.8 Å². The molecule has 0 saturated carbocycles. The van der Waals surface area contributed by atoms with Gasteiger partial charge in [0.25, 0.3) is 5.91 Å². The fraction of sp³-hybridized carbons (Fsp3) is 0.323. The maximum atomic E-state index is 15.5. The molecule has 11 heteroatoms. The number of hydrogen-bond donors (Lipinski definition) is 2. The SMILES string of the molecule is N#CC(=CC1CCNCC1)C(=O)N1CCC[C@@H]1Cn1nc(-c2ccc(Oc3ccccc3)cc2F)c2c(N)ncnc21. The van der Waals surface area contributed by atoms with Crippen molar-refractivity contribution in [2.75, 3.05) is 25.4 Å². The quantitative estimate of drug-likeness (QED) is 0.248. The number of carbonyl (C=O) groups excluding carboxylic acids is 1. The zero-order valence-corrected chi connectivity index (χ0v) is 23.0. The largest absolute Gasteiger partial charge is 0.457 e. The van der Waals surface area contributed by atoms with E-state index in [0.717, 1.165) is 38.8 Å². The van der Waals surface area contributed by atoms with Gasteiger partial charge in [0.05, 0.1) is 18.0 Å². The van der Waals surface area contributed by atoms with Crippen LogP contribution in [0.2, 0.25) is 0 Å². The second-order valence-corrected chi connectivity index (χ2v) is 10.6. The van der Waals surface area contributed by atoms with Crippen LogP contribution in [0.15, 0.2) is 66.5 Å². The topological polar surface area (TPSA) is 135 Å². The number of piperidine rings is 1. The summed E-state index contributed by atoms with van der Waals surface area (Å²) in [6.07, 6.45) is 6.54. The van der Waals surface area contributed by atoms with E-state index in [1.807, 2.05) is 24.3 Å². The van der Waals surface area contributed by atoms with Crippen molar-refractivity contribution in [2.24, 2.45) is 5.92 Å². The molecule has 4 heterocycles. The minimum absolute atomic E-state index is 0.182. The number of ether oxygens (including phenoxy) is 1. The molecule has 2 aromatic carbocycles. The molecular weight excluding hydrogens is 535 g/mol. The summed E-state index contributed by atoms with van der Waals surface area (Å²) >= 11 is 0. The standard InChI is InChI=1S/C31H31FN8O2/c32-26-16-24(42-23-6-2-1-3-7-23)8-9-25(26)28-27-29(34)36-19-37-30(27)40(38-28)18-22-5-4-14-39(22)31(41)21(17-33)15-20-10-12-35-13-11-20/h1-3,6-9,15-16,19-20,22,35H,4-5,10-14,18H2,(H2,34,36,37)/t22-/m1/s1. The molecule has 214 valence electrons. The van der Waals surface area contributed by atoms with E-state index < -0.39 is 5.82 Å². The summed E-state index contributed by atoms with van der Waals surface area (Å²) < 4.78 is 22.9. The van der Waals surface area contributed by atoms with Crippen molar-refractivity contribution in [3.8, 4) is 28.8 Å². The normalized spacial score (nSPS) is 17.9. The fourth-order valence-corrected chi connectivity index (χ4v) is 5.77. The number of benzene rings is 2. The molecule has 42 heavy (non-hydrogen) atoms. The predicted octanol–water partition coefficient (Wildman–Crippen LogP) is 4.45. The van der Waals surface area contributed by atoms with Gasteiger partial charge in [-0.1, -0.05) is 24.3 Å². The lowest BCUT2D eigenvalue weighted by molar-refractivity contribution is -0.127. The van der Waals surface area contributed by atoms with E-state index >= 15 is 4.39 Å². The van der Waals surface area contributed by atoms with Gasteiger partial charge < -0.3 is 20.7 Å². The Balaban J connectivity index is 1.28. The molecule has 0 radical (unpaired) electrons. The number of aromatic nitrogens is 4. The van der Waals surface area contributed by atoms with Gasteiger partial charge in [0.1, 0.15) is 46.8 Å². The number of hydrogen-bond acceptors (Lipinski definition) is 8. The van der Waals surface area contributed by atoms with E-state index in [1.54, 1.807) is 33.8 Å². The molecule has 10 nitrogen and oxygen atoms in total. The van der Waals surface area contributed by atoms with Crippen molar-refractivity contribution in [1.29, 1.82) is 5.26 Å². The lowest BCUT2D eigenvalue weighted by atomic mass is 9.95. The first-order chi connectivity index (χ1) is 20.5. The molecule has 0 unspecified atom stereocenters. The Morgan fingerprint density at radius 1 is 1.14 bits per heavy atom. The highest BCUT2D eigenvalue weighted by molar-refractivity contribution is 5.99. The fourth-order valence-electron chi connectivity index (χ4n) is 5.77. The molecule has 2 fully saturated rings. The average molecular weight is 567 g/mol. The van der Waals surface area contributed by atoms with Crippen molar-refractivity contribution in [1.82, 2.24) is 30.0 Å². The van der Waals surface area contributed by atoms with Crippen molar-refractivity contribution in [2.45, 2.75) is 38.3 Å². The lowest BCUT2D eigenvalue weighted by Gasteiger charge is -2.25. The number of para-hydroxylation sites is 1. The number of nitrogens with one attached hydrogen (secondary N) is 1. The van der Waals surface area contributed by atoms with Gasteiger partial charge in [-0.2, -0.15) is 10.4 Å². The van der Waals surface area contributed by atoms with E-state index in [0.29, 0.717) is 41.3 Å². The summed E-state index contributed by atoms with van der Waals surface area (Å²) in [7, 11) is 0. The molecule has 1 atom stereocenters. The summed E-state index contributed by atoms with van der Waals surface area (Å²) in [4.78, 5) is 23.8. The number of anilines is 1. The Kier molecular flexibility index (Phi) is 7.79. The number of fused-ring (bicyclic) bond motifs is 1. The zero-order valence-electron chi connectivity index (χ0n) is 23.0. The van der Waals surface area contributed by atoms with Crippen molar-refractivity contribution in [3.05, 3.63) is 72.3 Å². The first-order valence-corrected chi connectivity index (χ1v) is 14.1. The Hall–Kier alpha value is -4.82. The minimum atomic E-state index is -0.530. The van der Waals surface area contributed by atoms with Crippen LogP contribution in [-0.4, -0.2) is 56.2 Å². The number of nitrogen functional groups attached to an aromatic ring is 1. The molecule has 0 bridgehead atoms. The van der Waals surface area contributed by atoms with Gasteiger partial charge in [-0.3, -0.25) is 4.79 Å². The van der Waals surface area contributed by atoms with Crippen LogP contribution in [0, 0.1) is 23.1 Å². The van der Waals surface area contributed by atoms with E-state index in [1.165, 1.54) is 12.4 Å². The Labute approximate surface area is 242 Å². The highest BCUT2D eigenvalue weighted by Gasteiger charge is 2.33. The third-order valence-electron chi connectivity index (χ3n) is 7.89. The molecule has 4 aromatic rings. The van der Waals surface area contributed by atoms with Gasteiger partial charge in [0.15, 0.2) is 5.65 Å². The number of likely N-dealkylation sites (tertiary alicyclic amines) is 1. The number of rotatable bonds is 7. The van der Waals surface area contributed by atoms with Gasteiger partial charge in [-0.25, -0.2) is 19.0 Å². The van der Waals surface area contributed by atoms with Crippen molar-refractivity contribution >= 4 is 22.8 Å². The number of nitrogens with zero attached hydrogens (tertiary/aromatic N) is 6. The highest BCUT2D eigenvalue weighted by atomic mass is 19.1. The Morgan fingerprint density at radius 3 is 2.71 bits per heavy atom. The number of amides is 1. The molecule has 2 aliphatic rings. The molecular formula is C31H31FN8O2. The maximum Gasteiger partial charge on any atom is 0.264 e. The molecule has 6 rings (SSSR count). The van der Waals surface area contributed by atoms with Crippen LogP contribution in [0.1, 0.15) is 25.7 Å². The molecule has 3 N–H and O–H groups in total. The van der Waals surface area contributed by atoms with Gasteiger partial charge in [0.2, 0.25) is 0 Å². The van der Waals surface area contributed by atoms with Crippen LogP contribution in [0.4, 0.5) is 10.2 Å². The van der Waals surface area contributed by atoms with Gasteiger partial charge in [-0.05, 0) is 69.0 Å². The second-order valence-electron chi connectivity index (χ2n) is 10.6. The van der Waals surface area contributed by atoms with Gasteiger partial charge in [-0.15, -0.1) is 0 Å². The third-order valence-corrected chi connectivity index (χ3v) is 7.89. The highest BCUT2D eigenvalue weighted by Crippen LogP contribution is 2.35. The van der Waals surface area contributed by atoms with Crippen molar-refractivity contribution < 1.29 is 13.9 Å². The molecule has 0 spiro atoms. The number of nitrogens with two attached hydrogens (primary N) is 1. The van der Waals surface area contributed by atoms with Crippen LogP contribution in [0.5, 0.6) is 11.5 Å². The number of halogens is 1. The number of nitriles is 1. The molecule has 2 aliphatic heterocycles. The zero-order chi connectivity index (χ0) is 29.1. The summed E-state index contributed by atoms with van der Waals surface area (Å²) in [5, 5.41) is 18.3. The molecule has 0 aliphatic carbocycles. The summed E-state index contributed by atoms with van der Waals surface area (Å²) in [5.74, 6) is 0.546. The summed E-state index contributed by atoms with van der Waals surface area (Å²) in [5.41, 5.74) is 7.44. The first-order valence-electron chi connectivity index (χ1n) is 14.1. The first kappa shape index (κ1) is 27.4. The Morgan fingerprint density at radius 2 is 1.95 bits per heavy atom. The van der Waals surface area contributed by atoms with E-state index in [4.69, 9.17) is 15.6 Å². The number of carbonyl (C=O) groups is 1. The smallest absolute Gasteiger partial charge is 0.264 e. The average Bonchev–Trinajstić information content (AvgIpc) is 3.62. The van der Waals surface area contributed by atoms with E-state index in [2.05, 4.69) is 21.4 Å². The second kappa shape index (κ2) is 12.0. The maximum absolute atomic E-state index is 15.5. The summed E-state index contributed by atoms with van der Waals surface area (Å²) in [6, 6.07) is 15.6. The van der Waals surface area contributed by atoms with Crippen molar-refractivity contribution in [3.63, 3.8) is 0 Å². The lowest BCUT2D eigenvalue weighted by Crippen LogP contribution is -2.39.